The van der Waals surface area contributed by atoms with Gasteiger partial charge >= 0.3 is 0 Å². The van der Waals surface area contributed by atoms with E-state index in [0.717, 1.165) is 12.8 Å². The molecule has 0 fully saturated rings. The van der Waals surface area contributed by atoms with Crippen LogP contribution in [0.4, 0.5) is 17.1 Å². The number of non-ortho nitro benzene ring substituents is 1. The van der Waals surface area contributed by atoms with Crippen LogP contribution in [0.25, 0.3) is 0 Å². The van der Waals surface area contributed by atoms with Crippen molar-refractivity contribution < 1.29 is 22.9 Å². The van der Waals surface area contributed by atoms with Crippen LogP contribution >= 0.6 is 0 Å². The fourth-order valence-corrected chi connectivity index (χ4v) is 3.91. The van der Waals surface area contributed by atoms with Gasteiger partial charge in [-0.1, -0.05) is 13.3 Å². The quantitative estimate of drug-likeness (QED) is 0.397. The molecule has 0 bridgehead atoms. The first kappa shape index (κ1) is 24.1. The molecule has 0 unspecified atom stereocenters. The Kier molecular flexibility index (Phi) is 8.34. The minimum absolute atomic E-state index is 0.0946. The van der Waals surface area contributed by atoms with Crippen LogP contribution in [0, 0.1) is 10.1 Å². The number of carbonyl (C=O) groups excluding carboxylic acids is 1. The van der Waals surface area contributed by atoms with Gasteiger partial charge < -0.3 is 15.4 Å². The number of carbonyl (C=O) groups is 1. The molecule has 31 heavy (non-hydrogen) atoms. The molecule has 2 N–H and O–H groups in total. The lowest BCUT2D eigenvalue weighted by molar-refractivity contribution is -0.384. The molecular weight excluding hydrogens is 424 g/mol. The summed E-state index contributed by atoms with van der Waals surface area (Å²) in [6.45, 7) is 2.35. The number of nitro groups is 1. The van der Waals surface area contributed by atoms with Crippen LogP contribution in [0.5, 0.6) is 5.75 Å². The Labute approximate surface area is 181 Å². The van der Waals surface area contributed by atoms with Crippen LogP contribution in [0.2, 0.25) is 0 Å². The van der Waals surface area contributed by atoms with Gasteiger partial charge in [-0.25, -0.2) is 12.7 Å². The van der Waals surface area contributed by atoms with E-state index in [4.69, 9.17) is 4.74 Å². The molecule has 0 saturated carbocycles. The van der Waals surface area contributed by atoms with Crippen LogP contribution in [-0.4, -0.2) is 50.8 Å². The number of unbranched alkanes of at least 4 members (excludes halogenated alkanes) is 1. The van der Waals surface area contributed by atoms with Crippen LogP contribution in [0.15, 0.2) is 47.4 Å². The van der Waals surface area contributed by atoms with Crippen molar-refractivity contribution in [2.45, 2.75) is 24.7 Å². The van der Waals surface area contributed by atoms with E-state index in [1.54, 1.807) is 19.2 Å². The normalized spacial score (nSPS) is 11.2. The number of hydrogen-bond acceptors (Lipinski definition) is 7. The van der Waals surface area contributed by atoms with Crippen molar-refractivity contribution in [1.82, 2.24) is 4.31 Å². The Morgan fingerprint density at radius 1 is 1.19 bits per heavy atom. The summed E-state index contributed by atoms with van der Waals surface area (Å²) in [6.07, 6.45) is 1.68. The molecule has 0 heterocycles. The summed E-state index contributed by atoms with van der Waals surface area (Å²) in [5.41, 5.74) is 0.723. The Hall–Kier alpha value is -3.18. The third-order valence-corrected chi connectivity index (χ3v) is 6.38. The van der Waals surface area contributed by atoms with Gasteiger partial charge in [-0.2, -0.15) is 0 Å². The van der Waals surface area contributed by atoms with Crippen molar-refractivity contribution in [3.05, 3.63) is 52.6 Å². The van der Waals surface area contributed by atoms with Crippen molar-refractivity contribution in [3.8, 4) is 5.75 Å². The second kappa shape index (κ2) is 10.7. The number of rotatable bonds is 11. The molecule has 10 nitrogen and oxygen atoms in total. The first-order valence-corrected chi connectivity index (χ1v) is 11.1. The third-order valence-electron chi connectivity index (χ3n) is 4.51. The molecule has 0 aliphatic heterocycles. The molecule has 0 saturated heterocycles. The van der Waals surface area contributed by atoms with Gasteiger partial charge in [0.15, 0.2) is 0 Å². The van der Waals surface area contributed by atoms with Crippen molar-refractivity contribution in [2.75, 3.05) is 37.9 Å². The van der Waals surface area contributed by atoms with E-state index in [1.807, 2.05) is 6.92 Å². The summed E-state index contributed by atoms with van der Waals surface area (Å²) in [5.74, 6) is -0.229. The van der Waals surface area contributed by atoms with E-state index >= 15 is 0 Å². The summed E-state index contributed by atoms with van der Waals surface area (Å²) < 4.78 is 31.5. The van der Waals surface area contributed by atoms with Gasteiger partial charge in [0.2, 0.25) is 15.9 Å². The van der Waals surface area contributed by atoms with E-state index in [9.17, 15) is 23.3 Å². The molecule has 0 aliphatic carbocycles. The Balaban J connectivity index is 1.98. The maximum Gasteiger partial charge on any atom is 0.273 e. The molecule has 2 rings (SSSR count). The molecule has 168 valence electrons. The van der Waals surface area contributed by atoms with Crippen molar-refractivity contribution in [3.63, 3.8) is 0 Å². The predicted molar refractivity (Wildman–Crippen MR) is 118 cm³/mol. The van der Waals surface area contributed by atoms with Crippen LogP contribution in [0.3, 0.4) is 0 Å². The molecule has 1 amide bonds. The van der Waals surface area contributed by atoms with Gasteiger partial charge in [-0.05, 0) is 36.8 Å². The summed E-state index contributed by atoms with van der Waals surface area (Å²) in [7, 11) is -0.654. The average molecular weight is 451 g/mol. The molecule has 11 heteroatoms. The second-order valence-electron chi connectivity index (χ2n) is 6.75. The first-order chi connectivity index (χ1) is 14.7. The van der Waals surface area contributed by atoms with E-state index in [-0.39, 0.29) is 22.9 Å². The fraction of sp³-hybridized carbons (Fsp3) is 0.350. The van der Waals surface area contributed by atoms with E-state index in [0.29, 0.717) is 17.9 Å². The number of nitrogens with one attached hydrogen (secondary N) is 2. The molecule has 0 spiro atoms. The van der Waals surface area contributed by atoms with Gasteiger partial charge in [0.05, 0.1) is 35.2 Å². The van der Waals surface area contributed by atoms with Crippen LogP contribution < -0.4 is 15.4 Å². The van der Waals surface area contributed by atoms with E-state index in [1.165, 1.54) is 41.7 Å². The van der Waals surface area contributed by atoms with Gasteiger partial charge in [0, 0.05) is 25.3 Å². The monoisotopic (exact) mass is 450 g/mol. The SMILES string of the molecule is CCCCN(C)S(=O)(=O)c1ccc(NCC(=O)Nc2ccc([N+](=O)[O-])cc2OC)cc1. The summed E-state index contributed by atoms with van der Waals surface area (Å²) in [4.78, 5) is 22.7. The number of amides is 1. The zero-order chi connectivity index (χ0) is 23.0. The zero-order valence-corrected chi connectivity index (χ0v) is 18.4. The number of sulfonamides is 1. The van der Waals surface area contributed by atoms with Gasteiger partial charge in [-0.15, -0.1) is 0 Å². The zero-order valence-electron chi connectivity index (χ0n) is 17.6. The molecular formula is C20H26N4O6S. The standard InChI is InChI=1S/C20H26N4O6S/c1-4-5-12-23(2)31(28,29)17-9-6-15(7-10-17)21-14-20(25)22-18-11-8-16(24(26)27)13-19(18)30-3/h6-11,13,21H,4-5,12,14H2,1-3H3,(H,22,25). The van der Waals surface area contributed by atoms with Crippen molar-refractivity contribution in [1.29, 1.82) is 0 Å². The first-order valence-electron chi connectivity index (χ1n) is 9.61. The van der Waals surface area contributed by atoms with E-state index < -0.39 is 20.9 Å². The number of benzene rings is 2. The minimum Gasteiger partial charge on any atom is -0.494 e. The highest BCUT2D eigenvalue weighted by atomic mass is 32.2. The summed E-state index contributed by atoms with van der Waals surface area (Å²) in [6, 6.07) is 10.0. The molecule has 0 atom stereocenters. The van der Waals surface area contributed by atoms with Crippen LogP contribution in [-0.2, 0) is 14.8 Å². The van der Waals surface area contributed by atoms with Gasteiger partial charge in [-0.3, -0.25) is 14.9 Å². The molecule has 0 aromatic heterocycles. The maximum atomic E-state index is 12.5. The van der Waals surface area contributed by atoms with Gasteiger partial charge in [0.25, 0.3) is 5.69 Å². The van der Waals surface area contributed by atoms with Gasteiger partial charge in [0.1, 0.15) is 5.75 Å². The number of hydrogen-bond donors (Lipinski definition) is 2. The summed E-state index contributed by atoms with van der Waals surface area (Å²) >= 11 is 0. The molecule has 2 aromatic rings. The number of nitrogens with zero attached hydrogens (tertiary/aromatic N) is 2. The maximum absolute atomic E-state index is 12.5. The lowest BCUT2D eigenvalue weighted by atomic mass is 10.2. The third kappa shape index (κ3) is 6.40. The van der Waals surface area contributed by atoms with E-state index in [2.05, 4.69) is 10.6 Å². The van der Waals surface area contributed by atoms with Crippen LogP contribution in [0.1, 0.15) is 19.8 Å². The van der Waals surface area contributed by atoms with Crippen molar-refractivity contribution >= 4 is 33.0 Å². The largest absolute Gasteiger partial charge is 0.494 e. The average Bonchev–Trinajstić information content (AvgIpc) is 2.76. The molecule has 0 radical (unpaired) electrons. The number of nitro benzene ring substituents is 1. The lowest BCUT2D eigenvalue weighted by Gasteiger charge is -2.17. The topological polar surface area (TPSA) is 131 Å². The number of methoxy groups -OCH3 is 1. The fourth-order valence-electron chi connectivity index (χ4n) is 2.70. The predicted octanol–water partition coefficient (Wildman–Crippen LogP) is 3.07. The Bertz CT molecular complexity index is 1020. The van der Waals surface area contributed by atoms with Crippen molar-refractivity contribution in [2.24, 2.45) is 0 Å². The smallest absolute Gasteiger partial charge is 0.273 e. The highest BCUT2D eigenvalue weighted by Crippen LogP contribution is 2.29. The summed E-state index contributed by atoms with van der Waals surface area (Å²) in [5, 5.41) is 16.4. The highest BCUT2D eigenvalue weighted by Gasteiger charge is 2.20. The second-order valence-corrected chi connectivity index (χ2v) is 8.79. The highest BCUT2D eigenvalue weighted by molar-refractivity contribution is 7.89. The number of ether oxygens (including phenoxy) is 1. The minimum atomic E-state index is -3.55. The molecule has 0 aliphatic rings. The lowest BCUT2D eigenvalue weighted by Crippen LogP contribution is -2.28. The Morgan fingerprint density at radius 3 is 2.45 bits per heavy atom. The Morgan fingerprint density at radius 2 is 1.87 bits per heavy atom. The molecule has 2 aromatic carbocycles. The number of anilines is 2.